The Labute approximate surface area is 97.0 Å². The van der Waals surface area contributed by atoms with Crippen molar-refractivity contribution in [1.82, 2.24) is 5.32 Å². The molecule has 0 spiro atoms. The standard InChI is InChI=1S/C13H20N2O/c1-4-15-12(8-13(14)16)11-6-5-9(2)7-10(11)3/h5-7,12,15H,4,8H2,1-3H3,(H2,14,16). The van der Waals surface area contributed by atoms with E-state index in [0.29, 0.717) is 6.42 Å². The number of nitrogens with one attached hydrogen (secondary N) is 1. The van der Waals surface area contributed by atoms with Gasteiger partial charge in [-0.3, -0.25) is 4.79 Å². The van der Waals surface area contributed by atoms with E-state index >= 15 is 0 Å². The number of primary amides is 1. The summed E-state index contributed by atoms with van der Waals surface area (Å²) in [6.07, 6.45) is 0.345. The highest BCUT2D eigenvalue weighted by atomic mass is 16.1. The third kappa shape index (κ3) is 3.35. The van der Waals surface area contributed by atoms with E-state index < -0.39 is 0 Å². The van der Waals surface area contributed by atoms with Gasteiger partial charge in [0, 0.05) is 12.5 Å². The quantitative estimate of drug-likeness (QED) is 0.795. The van der Waals surface area contributed by atoms with Crippen LogP contribution < -0.4 is 11.1 Å². The molecule has 0 fully saturated rings. The Morgan fingerprint density at radius 3 is 2.62 bits per heavy atom. The van der Waals surface area contributed by atoms with Gasteiger partial charge >= 0.3 is 0 Å². The number of nitrogens with two attached hydrogens (primary N) is 1. The maximum Gasteiger partial charge on any atom is 0.219 e. The van der Waals surface area contributed by atoms with E-state index in [1.54, 1.807) is 0 Å². The molecule has 3 heteroatoms. The normalized spacial score (nSPS) is 12.4. The first-order valence-electron chi connectivity index (χ1n) is 5.63. The zero-order valence-corrected chi connectivity index (χ0v) is 10.2. The van der Waals surface area contributed by atoms with E-state index in [1.807, 2.05) is 6.92 Å². The lowest BCUT2D eigenvalue weighted by molar-refractivity contribution is -0.118. The number of carbonyl (C=O) groups is 1. The van der Waals surface area contributed by atoms with Gasteiger partial charge in [-0.1, -0.05) is 30.7 Å². The first kappa shape index (κ1) is 12.7. The maximum atomic E-state index is 11.0. The Morgan fingerprint density at radius 2 is 2.12 bits per heavy atom. The van der Waals surface area contributed by atoms with Gasteiger partial charge in [0.05, 0.1) is 0 Å². The minimum Gasteiger partial charge on any atom is -0.370 e. The molecular formula is C13H20N2O. The second kappa shape index (κ2) is 5.66. The molecule has 0 aliphatic rings. The maximum absolute atomic E-state index is 11.0. The molecule has 0 saturated heterocycles. The monoisotopic (exact) mass is 220 g/mol. The number of rotatable bonds is 5. The molecule has 1 aromatic carbocycles. The van der Waals surface area contributed by atoms with Crippen molar-refractivity contribution >= 4 is 5.91 Å². The van der Waals surface area contributed by atoms with Gasteiger partial charge in [0.1, 0.15) is 0 Å². The van der Waals surface area contributed by atoms with Gasteiger partial charge in [0.15, 0.2) is 0 Å². The van der Waals surface area contributed by atoms with Gasteiger partial charge in [0.25, 0.3) is 0 Å². The summed E-state index contributed by atoms with van der Waals surface area (Å²) in [7, 11) is 0. The second-order valence-corrected chi connectivity index (χ2v) is 4.14. The Balaban J connectivity index is 2.95. The number of hydrogen-bond acceptors (Lipinski definition) is 2. The minimum absolute atomic E-state index is 0.0306. The number of benzene rings is 1. The van der Waals surface area contributed by atoms with Crippen LogP contribution in [0.1, 0.15) is 36.1 Å². The van der Waals surface area contributed by atoms with E-state index in [4.69, 9.17) is 5.73 Å². The Kier molecular flexibility index (Phi) is 4.50. The molecule has 0 heterocycles. The third-order valence-corrected chi connectivity index (χ3v) is 2.66. The lowest BCUT2D eigenvalue weighted by Crippen LogP contribution is -2.27. The van der Waals surface area contributed by atoms with Crippen molar-refractivity contribution < 1.29 is 4.79 Å². The third-order valence-electron chi connectivity index (χ3n) is 2.66. The van der Waals surface area contributed by atoms with E-state index in [0.717, 1.165) is 12.1 Å². The molecule has 0 saturated carbocycles. The smallest absolute Gasteiger partial charge is 0.219 e. The summed E-state index contributed by atoms with van der Waals surface area (Å²) in [5.41, 5.74) is 8.85. The lowest BCUT2D eigenvalue weighted by atomic mass is 9.97. The van der Waals surface area contributed by atoms with Gasteiger partial charge in [-0.05, 0) is 31.5 Å². The second-order valence-electron chi connectivity index (χ2n) is 4.14. The predicted octanol–water partition coefficient (Wildman–Crippen LogP) is 1.83. The molecule has 3 nitrogen and oxygen atoms in total. The molecule has 1 rings (SSSR count). The van der Waals surface area contributed by atoms with Crippen LogP contribution in [0.2, 0.25) is 0 Å². The van der Waals surface area contributed by atoms with E-state index in [-0.39, 0.29) is 11.9 Å². The van der Waals surface area contributed by atoms with Crippen LogP contribution in [0.15, 0.2) is 18.2 Å². The first-order chi connectivity index (χ1) is 7.54. The average molecular weight is 220 g/mol. The number of aryl methyl sites for hydroxylation is 2. The van der Waals surface area contributed by atoms with Crippen LogP contribution in [-0.2, 0) is 4.79 Å². The molecule has 0 bridgehead atoms. The summed E-state index contributed by atoms with van der Waals surface area (Å²) in [4.78, 5) is 11.0. The fourth-order valence-corrected chi connectivity index (χ4v) is 1.96. The van der Waals surface area contributed by atoms with Crippen molar-refractivity contribution in [3.63, 3.8) is 0 Å². The zero-order valence-electron chi connectivity index (χ0n) is 10.2. The topological polar surface area (TPSA) is 55.1 Å². The van der Waals surface area contributed by atoms with Crippen molar-refractivity contribution in [3.05, 3.63) is 34.9 Å². The fourth-order valence-electron chi connectivity index (χ4n) is 1.96. The van der Waals surface area contributed by atoms with Gasteiger partial charge < -0.3 is 11.1 Å². The molecule has 0 aliphatic heterocycles. The van der Waals surface area contributed by atoms with E-state index in [2.05, 4.69) is 37.4 Å². The molecule has 3 N–H and O–H groups in total. The van der Waals surface area contributed by atoms with E-state index in [1.165, 1.54) is 11.1 Å². The Morgan fingerprint density at radius 1 is 1.44 bits per heavy atom. The summed E-state index contributed by atoms with van der Waals surface area (Å²) in [5, 5.41) is 3.29. The minimum atomic E-state index is -0.272. The highest BCUT2D eigenvalue weighted by Crippen LogP contribution is 2.21. The molecule has 0 radical (unpaired) electrons. The molecule has 1 unspecified atom stereocenters. The molecule has 1 aromatic rings. The van der Waals surface area contributed by atoms with Crippen molar-refractivity contribution in [2.45, 2.75) is 33.2 Å². The molecule has 1 atom stereocenters. The SMILES string of the molecule is CCNC(CC(N)=O)c1ccc(C)cc1C. The van der Waals surface area contributed by atoms with Gasteiger partial charge in [-0.15, -0.1) is 0 Å². The van der Waals surface area contributed by atoms with Crippen molar-refractivity contribution in [2.75, 3.05) is 6.54 Å². The van der Waals surface area contributed by atoms with Crippen molar-refractivity contribution in [2.24, 2.45) is 5.73 Å². The van der Waals surface area contributed by atoms with Crippen molar-refractivity contribution in [1.29, 1.82) is 0 Å². The number of carbonyl (C=O) groups excluding carboxylic acids is 1. The van der Waals surface area contributed by atoms with Crippen LogP contribution >= 0.6 is 0 Å². The van der Waals surface area contributed by atoms with Gasteiger partial charge in [-0.2, -0.15) is 0 Å². The predicted molar refractivity (Wildman–Crippen MR) is 66.1 cm³/mol. The molecule has 0 aromatic heterocycles. The summed E-state index contributed by atoms with van der Waals surface area (Å²) in [6, 6.07) is 6.29. The molecule has 1 amide bonds. The number of hydrogen-bond donors (Lipinski definition) is 2. The Hall–Kier alpha value is -1.35. The van der Waals surface area contributed by atoms with Crippen LogP contribution in [0.4, 0.5) is 0 Å². The highest BCUT2D eigenvalue weighted by Gasteiger charge is 2.14. The van der Waals surface area contributed by atoms with Crippen molar-refractivity contribution in [3.8, 4) is 0 Å². The fraction of sp³-hybridized carbons (Fsp3) is 0.462. The van der Waals surface area contributed by atoms with Crippen LogP contribution in [0.5, 0.6) is 0 Å². The number of amides is 1. The molecular weight excluding hydrogens is 200 g/mol. The Bertz CT molecular complexity index is 374. The summed E-state index contributed by atoms with van der Waals surface area (Å²) in [6.45, 7) is 6.98. The van der Waals surface area contributed by atoms with Crippen LogP contribution in [0.3, 0.4) is 0 Å². The summed E-state index contributed by atoms with van der Waals surface area (Å²) in [5.74, 6) is -0.272. The lowest BCUT2D eigenvalue weighted by Gasteiger charge is -2.19. The largest absolute Gasteiger partial charge is 0.370 e. The summed E-state index contributed by atoms with van der Waals surface area (Å²) < 4.78 is 0. The highest BCUT2D eigenvalue weighted by molar-refractivity contribution is 5.74. The summed E-state index contributed by atoms with van der Waals surface area (Å²) >= 11 is 0. The molecule has 88 valence electrons. The van der Waals surface area contributed by atoms with Gasteiger partial charge in [0.2, 0.25) is 5.91 Å². The molecule has 16 heavy (non-hydrogen) atoms. The van der Waals surface area contributed by atoms with Gasteiger partial charge in [-0.25, -0.2) is 0 Å². The van der Waals surface area contributed by atoms with Crippen LogP contribution in [-0.4, -0.2) is 12.5 Å². The zero-order chi connectivity index (χ0) is 12.1. The first-order valence-corrected chi connectivity index (χ1v) is 5.63. The average Bonchev–Trinajstić information content (AvgIpc) is 2.16. The molecule has 0 aliphatic carbocycles. The van der Waals surface area contributed by atoms with Crippen LogP contribution in [0, 0.1) is 13.8 Å². The van der Waals surface area contributed by atoms with E-state index in [9.17, 15) is 4.79 Å². The van der Waals surface area contributed by atoms with Crippen LogP contribution in [0.25, 0.3) is 0 Å².